The summed E-state index contributed by atoms with van der Waals surface area (Å²) < 4.78 is 4.85. The summed E-state index contributed by atoms with van der Waals surface area (Å²) in [6.07, 6.45) is 34.7. The molecule has 0 aromatic heterocycles. The minimum Gasteiger partial charge on any atom is -0.391 e. The van der Waals surface area contributed by atoms with Crippen molar-refractivity contribution < 1.29 is 19.4 Å². The molecule has 0 fully saturated rings. The molecule has 0 heterocycles. The summed E-state index contributed by atoms with van der Waals surface area (Å²) in [7, 11) is 0. The van der Waals surface area contributed by atoms with Gasteiger partial charge in [0.25, 0.3) is 0 Å². The second-order valence-corrected chi connectivity index (χ2v) is 11.3. The van der Waals surface area contributed by atoms with Crippen molar-refractivity contribution in [2.24, 2.45) is 0 Å². The van der Waals surface area contributed by atoms with Crippen molar-refractivity contribution in [2.45, 2.75) is 193 Å². The highest BCUT2D eigenvalue weighted by Crippen LogP contribution is 2.14. The van der Waals surface area contributed by atoms with Crippen molar-refractivity contribution in [3.63, 3.8) is 0 Å². The molecule has 0 aliphatic carbocycles. The van der Waals surface area contributed by atoms with Crippen LogP contribution in [0.25, 0.3) is 0 Å². The maximum atomic E-state index is 11.9. The molecule has 0 aromatic carbocycles. The van der Waals surface area contributed by atoms with E-state index in [1.165, 1.54) is 116 Å². The first-order valence-corrected chi connectivity index (χ1v) is 16.7. The van der Waals surface area contributed by atoms with Gasteiger partial charge in [-0.15, -0.1) is 0 Å². The number of carbonyl (C=O) groups is 2. The van der Waals surface area contributed by atoms with Crippen LogP contribution >= 0.6 is 0 Å². The van der Waals surface area contributed by atoms with Gasteiger partial charge in [-0.3, -0.25) is 4.79 Å². The molecule has 1 N–H and O–H groups in total. The topological polar surface area (TPSA) is 63.6 Å². The van der Waals surface area contributed by atoms with Gasteiger partial charge in [-0.2, -0.15) is 0 Å². The van der Waals surface area contributed by atoms with Gasteiger partial charge < -0.3 is 9.84 Å². The fourth-order valence-corrected chi connectivity index (χ4v) is 4.87. The Labute approximate surface area is 236 Å². The summed E-state index contributed by atoms with van der Waals surface area (Å²) in [5.41, 5.74) is 0. The Kier molecular flexibility index (Phi) is 29.5. The number of carbonyl (C=O) groups excluding carboxylic acids is 2. The monoisotopic (exact) mass is 536 g/mol. The second kappa shape index (κ2) is 30.4. The van der Waals surface area contributed by atoms with Crippen LogP contribution in [0.4, 0.5) is 0 Å². The number of aliphatic hydroxyl groups excluding tert-OH is 1. The Morgan fingerprint density at radius 3 is 1.37 bits per heavy atom. The Morgan fingerprint density at radius 2 is 0.921 bits per heavy atom. The average Bonchev–Trinajstić information content (AvgIpc) is 2.91. The van der Waals surface area contributed by atoms with E-state index in [4.69, 9.17) is 4.74 Å². The van der Waals surface area contributed by atoms with E-state index in [0.29, 0.717) is 6.42 Å². The van der Waals surface area contributed by atoms with Crippen LogP contribution in [0.5, 0.6) is 0 Å². The maximum absolute atomic E-state index is 11.9. The van der Waals surface area contributed by atoms with Gasteiger partial charge in [0.1, 0.15) is 0 Å². The quantitative estimate of drug-likeness (QED) is 0.0447. The lowest BCUT2D eigenvalue weighted by molar-refractivity contribution is -0.166. The molecule has 0 saturated heterocycles. The van der Waals surface area contributed by atoms with E-state index in [2.05, 4.69) is 26.0 Å². The number of ether oxygens (including phenoxy) is 1. The molecule has 38 heavy (non-hydrogen) atoms. The molecule has 0 amide bonds. The lowest BCUT2D eigenvalue weighted by Gasteiger charge is -2.09. The lowest BCUT2D eigenvalue weighted by Crippen LogP contribution is -2.25. The molecule has 4 nitrogen and oxygen atoms in total. The number of esters is 2. The summed E-state index contributed by atoms with van der Waals surface area (Å²) in [4.78, 5) is 23.9. The van der Waals surface area contributed by atoms with Crippen LogP contribution in [0.1, 0.15) is 187 Å². The summed E-state index contributed by atoms with van der Waals surface area (Å²) in [6.45, 7) is 4.51. The molecule has 0 spiro atoms. The van der Waals surface area contributed by atoms with Crippen molar-refractivity contribution in [1.29, 1.82) is 0 Å². The highest BCUT2D eigenvalue weighted by molar-refractivity contribution is 5.87. The van der Waals surface area contributed by atoms with E-state index >= 15 is 0 Å². The van der Waals surface area contributed by atoms with Crippen LogP contribution in [-0.4, -0.2) is 23.1 Å². The molecule has 0 radical (unpaired) electrons. The van der Waals surface area contributed by atoms with Crippen molar-refractivity contribution in [3.05, 3.63) is 12.2 Å². The van der Waals surface area contributed by atoms with E-state index in [-0.39, 0.29) is 6.42 Å². The number of rotatable bonds is 29. The third-order valence-corrected chi connectivity index (χ3v) is 7.46. The summed E-state index contributed by atoms with van der Waals surface area (Å²) >= 11 is 0. The minimum absolute atomic E-state index is 0.259. The molecule has 0 bridgehead atoms. The zero-order valence-corrected chi connectivity index (χ0v) is 25.5. The summed E-state index contributed by atoms with van der Waals surface area (Å²) in [5.74, 6) is -1.27. The number of hydrogen-bond acceptors (Lipinski definition) is 4. The van der Waals surface area contributed by atoms with E-state index in [1.54, 1.807) is 0 Å². The molecule has 4 heteroatoms. The molecule has 1 atom stereocenters. The van der Waals surface area contributed by atoms with Gasteiger partial charge in [-0.1, -0.05) is 154 Å². The molecule has 0 aliphatic heterocycles. The lowest BCUT2D eigenvalue weighted by atomic mass is 10.0. The van der Waals surface area contributed by atoms with Crippen molar-refractivity contribution in [3.8, 4) is 0 Å². The Bertz CT molecular complexity index is 543. The van der Waals surface area contributed by atoms with Crippen LogP contribution in [0, 0.1) is 0 Å². The third kappa shape index (κ3) is 27.9. The Morgan fingerprint density at radius 1 is 0.553 bits per heavy atom. The third-order valence-electron chi connectivity index (χ3n) is 7.46. The number of hydrogen-bond donors (Lipinski definition) is 1. The zero-order valence-electron chi connectivity index (χ0n) is 25.5. The average molecular weight is 537 g/mol. The number of allylic oxidation sites excluding steroid dienone is 2. The number of aliphatic hydroxyl groups is 1. The maximum Gasteiger partial charge on any atom is 0.342 e. The molecule has 0 aromatic rings. The molecular weight excluding hydrogens is 472 g/mol. The fourth-order valence-electron chi connectivity index (χ4n) is 4.87. The highest BCUT2D eigenvalue weighted by atomic mass is 16.6. The largest absolute Gasteiger partial charge is 0.391 e. The first-order chi connectivity index (χ1) is 18.6. The predicted molar refractivity (Wildman–Crippen MR) is 162 cm³/mol. The second-order valence-electron chi connectivity index (χ2n) is 11.3. The van der Waals surface area contributed by atoms with Crippen LogP contribution in [0.3, 0.4) is 0 Å². The first-order valence-electron chi connectivity index (χ1n) is 16.7. The van der Waals surface area contributed by atoms with Crippen LogP contribution in [0.2, 0.25) is 0 Å². The molecule has 0 rings (SSSR count). The molecular formula is C34H64O4. The number of unbranched alkanes of at least 4 members (excludes halogenated alkanes) is 22. The fraction of sp³-hybridized carbons (Fsp3) is 0.882. The van der Waals surface area contributed by atoms with Gasteiger partial charge in [-0.25, -0.2) is 4.79 Å². The van der Waals surface area contributed by atoms with E-state index in [1.807, 2.05) is 0 Å². The van der Waals surface area contributed by atoms with Crippen molar-refractivity contribution >= 4 is 11.9 Å². The van der Waals surface area contributed by atoms with E-state index in [0.717, 1.165) is 44.9 Å². The summed E-state index contributed by atoms with van der Waals surface area (Å²) in [6, 6.07) is 0. The van der Waals surface area contributed by atoms with Crippen molar-refractivity contribution in [1.82, 2.24) is 0 Å². The van der Waals surface area contributed by atoms with Gasteiger partial charge in [0.15, 0.2) is 6.10 Å². The molecule has 224 valence electrons. The van der Waals surface area contributed by atoms with E-state index < -0.39 is 18.0 Å². The van der Waals surface area contributed by atoms with E-state index in [9.17, 15) is 14.7 Å². The van der Waals surface area contributed by atoms with Gasteiger partial charge in [0, 0.05) is 6.42 Å². The van der Waals surface area contributed by atoms with Gasteiger partial charge in [0.05, 0.1) is 0 Å². The summed E-state index contributed by atoms with van der Waals surface area (Å²) in [5, 5.41) is 10.00. The van der Waals surface area contributed by atoms with Gasteiger partial charge >= 0.3 is 11.9 Å². The normalized spacial score (nSPS) is 12.3. The standard InChI is InChI=1S/C34H64O4/c1-3-5-7-9-11-13-15-17-18-19-21-23-25-27-29-31-33(36)38-34(37)32(35)30-28-26-24-22-20-16-14-12-10-8-6-4-2/h17-18,32,35H,3-16,19-31H2,1-2H3/b18-17-. The molecule has 1 unspecified atom stereocenters. The van der Waals surface area contributed by atoms with Crippen LogP contribution in [0.15, 0.2) is 12.2 Å². The predicted octanol–water partition coefficient (Wildman–Crippen LogP) is 10.5. The van der Waals surface area contributed by atoms with Crippen LogP contribution in [-0.2, 0) is 14.3 Å². The SMILES string of the molecule is CCCCCCCC/C=C\CCCCCCCC(=O)OC(=O)C(O)CCCCCCCCCCCCCC. The molecule has 0 saturated carbocycles. The Balaban J connectivity index is 3.47. The van der Waals surface area contributed by atoms with Gasteiger partial charge in [-0.05, 0) is 38.5 Å². The minimum atomic E-state index is -1.17. The van der Waals surface area contributed by atoms with Crippen molar-refractivity contribution in [2.75, 3.05) is 0 Å². The smallest absolute Gasteiger partial charge is 0.342 e. The Hall–Kier alpha value is -1.16. The van der Waals surface area contributed by atoms with Crippen LogP contribution < -0.4 is 0 Å². The first kappa shape index (κ1) is 36.8. The zero-order chi connectivity index (χ0) is 27.9. The molecule has 0 aliphatic rings. The van der Waals surface area contributed by atoms with Gasteiger partial charge in [0.2, 0.25) is 0 Å². The highest BCUT2D eigenvalue weighted by Gasteiger charge is 2.19.